The van der Waals surface area contributed by atoms with Crippen LogP contribution in [-0.4, -0.2) is 11.0 Å². The molecule has 0 aliphatic heterocycles. The third-order valence-corrected chi connectivity index (χ3v) is 3.31. The highest BCUT2D eigenvalue weighted by Gasteiger charge is 2.13. The zero-order chi connectivity index (χ0) is 10.8. The van der Waals surface area contributed by atoms with E-state index in [1.165, 1.54) is 29.8 Å². The summed E-state index contributed by atoms with van der Waals surface area (Å²) in [7, 11) is 0. The largest absolute Gasteiger partial charge is 0.381 e. The Morgan fingerprint density at radius 3 is 2.80 bits per heavy atom. The molecular weight excluding hydrogens is 184 g/mol. The number of pyridine rings is 1. The van der Waals surface area contributed by atoms with Gasteiger partial charge in [-0.2, -0.15) is 0 Å². The van der Waals surface area contributed by atoms with Crippen LogP contribution in [-0.2, 0) is 12.8 Å². The number of nitrogens with zero attached hydrogens (tertiary/aromatic N) is 1. The maximum Gasteiger partial charge on any atom is 0.0531 e. The molecule has 1 aliphatic rings. The Labute approximate surface area is 92.1 Å². The zero-order valence-electron chi connectivity index (χ0n) is 9.88. The molecule has 0 fully saturated rings. The molecular formula is C13H20N2. The van der Waals surface area contributed by atoms with Crippen molar-refractivity contribution < 1.29 is 0 Å². The molecule has 1 heterocycles. The molecule has 1 aromatic heterocycles. The molecule has 0 bridgehead atoms. The lowest BCUT2D eigenvalue weighted by Crippen LogP contribution is -2.21. The van der Waals surface area contributed by atoms with Gasteiger partial charge in [0.1, 0.15) is 0 Å². The minimum absolute atomic E-state index is 0.506. The second-order valence-electron chi connectivity index (χ2n) is 4.86. The Kier molecular flexibility index (Phi) is 2.94. The number of anilines is 1. The predicted molar refractivity (Wildman–Crippen MR) is 64.2 cm³/mol. The molecule has 1 N–H and O–H groups in total. The number of fused-ring (bicyclic) bond motifs is 1. The van der Waals surface area contributed by atoms with Gasteiger partial charge in [-0.05, 0) is 43.7 Å². The molecule has 2 heteroatoms. The van der Waals surface area contributed by atoms with Crippen LogP contribution in [0.15, 0.2) is 12.3 Å². The van der Waals surface area contributed by atoms with Gasteiger partial charge in [0.2, 0.25) is 0 Å². The number of nitrogens with one attached hydrogen (secondary N) is 1. The molecule has 0 amide bonds. The summed E-state index contributed by atoms with van der Waals surface area (Å²) in [5.41, 5.74) is 3.92. The molecule has 0 aromatic carbocycles. The standard InChI is InChI=1S/C13H20N2/c1-9(2)10(3)15-12-7-11-5-4-6-13(11)14-8-12/h7-10,15H,4-6H2,1-3H3. The average molecular weight is 204 g/mol. The van der Waals surface area contributed by atoms with E-state index in [0.717, 1.165) is 6.42 Å². The SMILES string of the molecule is CC(C)C(C)Nc1cnc2c(c1)CCC2. The molecule has 0 radical (unpaired) electrons. The Bertz CT molecular complexity index is 344. The van der Waals surface area contributed by atoms with Crippen molar-refractivity contribution in [2.45, 2.75) is 46.1 Å². The van der Waals surface area contributed by atoms with Crippen LogP contribution >= 0.6 is 0 Å². The van der Waals surface area contributed by atoms with E-state index in [1.54, 1.807) is 0 Å². The van der Waals surface area contributed by atoms with Gasteiger partial charge in [-0.1, -0.05) is 13.8 Å². The highest BCUT2D eigenvalue weighted by Crippen LogP contribution is 2.23. The van der Waals surface area contributed by atoms with Crippen LogP contribution in [0.25, 0.3) is 0 Å². The van der Waals surface area contributed by atoms with E-state index in [9.17, 15) is 0 Å². The maximum absolute atomic E-state index is 4.51. The molecule has 0 spiro atoms. The molecule has 2 rings (SSSR count). The quantitative estimate of drug-likeness (QED) is 0.818. The van der Waals surface area contributed by atoms with E-state index < -0.39 is 0 Å². The Hall–Kier alpha value is -1.05. The van der Waals surface area contributed by atoms with Gasteiger partial charge in [0.25, 0.3) is 0 Å². The van der Waals surface area contributed by atoms with E-state index in [2.05, 4.69) is 37.1 Å². The molecule has 0 saturated heterocycles. The average Bonchev–Trinajstić information content (AvgIpc) is 2.64. The minimum atomic E-state index is 0.506. The smallest absolute Gasteiger partial charge is 0.0531 e. The summed E-state index contributed by atoms with van der Waals surface area (Å²) in [6.07, 6.45) is 5.61. The van der Waals surface area contributed by atoms with Crippen molar-refractivity contribution in [2.75, 3.05) is 5.32 Å². The summed E-state index contributed by atoms with van der Waals surface area (Å²) in [6, 6.07) is 2.78. The first-order chi connectivity index (χ1) is 7.16. The van der Waals surface area contributed by atoms with Gasteiger partial charge < -0.3 is 5.32 Å². The Morgan fingerprint density at radius 2 is 2.07 bits per heavy atom. The van der Waals surface area contributed by atoms with Crippen LogP contribution in [0.5, 0.6) is 0 Å². The zero-order valence-corrected chi connectivity index (χ0v) is 9.88. The van der Waals surface area contributed by atoms with E-state index in [0.29, 0.717) is 12.0 Å². The second-order valence-corrected chi connectivity index (χ2v) is 4.86. The van der Waals surface area contributed by atoms with Crippen molar-refractivity contribution in [1.82, 2.24) is 4.98 Å². The second kappa shape index (κ2) is 4.21. The van der Waals surface area contributed by atoms with Gasteiger partial charge in [0.15, 0.2) is 0 Å². The number of rotatable bonds is 3. The summed E-state index contributed by atoms with van der Waals surface area (Å²) in [4.78, 5) is 4.51. The maximum atomic E-state index is 4.51. The van der Waals surface area contributed by atoms with Crippen molar-refractivity contribution in [3.63, 3.8) is 0 Å². The lowest BCUT2D eigenvalue weighted by Gasteiger charge is -2.19. The van der Waals surface area contributed by atoms with Crippen LogP contribution in [0.3, 0.4) is 0 Å². The summed E-state index contributed by atoms with van der Waals surface area (Å²) in [5, 5.41) is 3.51. The third kappa shape index (κ3) is 2.31. The first-order valence-electron chi connectivity index (χ1n) is 5.91. The highest BCUT2D eigenvalue weighted by atomic mass is 14.9. The van der Waals surface area contributed by atoms with E-state index in [1.807, 2.05) is 6.20 Å². The summed E-state index contributed by atoms with van der Waals surface area (Å²) in [6.45, 7) is 6.69. The van der Waals surface area contributed by atoms with Gasteiger partial charge in [-0.3, -0.25) is 4.98 Å². The molecule has 0 saturated carbocycles. The van der Waals surface area contributed by atoms with Crippen molar-refractivity contribution in [1.29, 1.82) is 0 Å². The van der Waals surface area contributed by atoms with Crippen LogP contribution in [0.4, 0.5) is 5.69 Å². The highest BCUT2D eigenvalue weighted by molar-refractivity contribution is 5.46. The van der Waals surface area contributed by atoms with Crippen molar-refractivity contribution >= 4 is 5.69 Å². The fraction of sp³-hybridized carbons (Fsp3) is 0.615. The fourth-order valence-corrected chi connectivity index (χ4v) is 1.93. The number of hydrogen-bond donors (Lipinski definition) is 1. The minimum Gasteiger partial charge on any atom is -0.381 e. The Balaban J connectivity index is 2.10. The molecule has 82 valence electrons. The van der Waals surface area contributed by atoms with Crippen molar-refractivity contribution in [3.05, 3.63) is 23.5 Å². The van der Waals surface area contributed by atoms with E-state index in [4.69, 9.17) is 0 Å². The third-order valence-electron chi connectivity index (χ3n) is 3.31. The lowest BCUT2D eigenvalue weighted by molar-refractivity contribution is 0.560. The Morgan fingerprint density at radius 1 is 1.27 bits per heavy atom. The fourth-order valence-electron chi connectivity index (χ4n) is 1.93. The van der Waals surface area contributed by atoms with Gasteiger partial charge in [0, 0.05) is 11.7 Å². The lowest BCUT2D eigenvalue weighted by atomic mass is 10.1. The molecule has 1 atom stereocenters. The van der Waals surface area contributed by atoms with Crippen LogP contribution in [0.2, 0.25) is 0 Å². The van der Waals surface area contributed by atoms with Crippen molar-refractivity contribution in [3.8, 4) is 0 Å². The van der Waals surface area contributed by atoms with E-state index in [-0.39, 0.29) is 0 Å². The van der Waals surface area contributed by atoms with E-state index >= 15 is 0 Å². The van der Waals surface area contributed by atoms with Gasteiger partial charge in [-0.25, -0.2) is 0 Å². The molecule has 2 nitrogen and oxygen atoms in total. The topological polar surface area (TPSA) is 24.9 Å². The number of hydrogen-bond acceptors (Lipinski definition) is 2. The van der Waals surface area contributed by atoms with Gasteiger partial charge in [0.05, 0.1) is 11.9 Å². The van der Waals surface area contributed by atoms with Crippen LogP contribution in [0, 0.1) is 5.92 Å². The van der Waals surface area contributed by atoms with Gasteiger partial charge >= 0.3 is 0 Å². The molecule has 1 aromatic rings. The van der Waals surface area contributed by atoms with Crippen LogP contribution < -0.4 is 5.32 Å². The first kappa shape index (κ1) is 10.5. The van der Waals surface area contributed by atoms with Gasteiger partial charge in [-0.15, -0.1) is 0 Å². The van der Waals surface area contributed by atoms with Crippen molar-refractivity contribution in [2.24, 2.45) is 5.92 Å². The van der Waals surface area contributed by atoms with Crippen LogP contribution in [0.1, 0.15) is 38.4 Å². The normalized spacial score (nSPS) is 16.5. The monoisotopic (exact) mass is 204 g/mol. The summed E-state index contributed by atoms with van der Waals surface area (Å²) >= 11 is 0. The summed E-state index contributed by atoms with van der Waals surface area (Å²) in [5.74, 6) is 0.651. The summed E-state index contributed by atoms with van der Waals surface area (Å²) < 4.78 is 0. The predicted octanol–water partition coefficient (Wildman–Crippen LogP) is 3.03. The number of aromatic nitrogens is 1. The molecule has 15 heavy (non-hydrogen) atoms. The number of aryl methyl sites for hydroxylation is 2. The molecule has 1 unspecified atom stereocenters. The first-order valence-corrected chi connectivity index (χ1v) is 5.91. The molecule has 1 aliphatic carbocycles.